The summed E-state index contributed by atoms with van der Waals surface area (Å²) in [5.41, 5.74) is 5.56. The minimum absolute atomic E-state index is 0.0513. The third-order valence-corrected chi connectivity index (χ3v) is 2.85. The van der Waals surface area contributed by atoms with Gasteiger partial charge in [-0.1, -0.05) is 6.92 Å². The number of nitrogens with zero attached hydrogens (tertiary/aromatic N) is 1. The highest BCUT2D eigenvalue weighted by molar-refractivity contribution is 5.81. The average molecular weight is 200 g/mol. The zero-order chi connectivity index (χ0) is 10.7. The maximum atomic E-state index is 11.6. The van der Waals surface area contributed by atoms with Gasteiger partial charge in [0.2, 0.25) is 5.91 Å². The van der Waals surface area contributed by atoms with Gasteiger partial charge < -0.3 is 15.4 Å². The molecule has 1 aliphatic heterocycles. The van der Waals surface area contributed by atoms with E-state index in [1.165, 1.54) is 0 Å². The third-order valence-electron chi connectivity index (χ3n) is 2.85. The maximum absolute atomic E-state index is 11.6. The van der Waals surface area contributed by atoms with E-state index in [9.17, 15) is 4.79 Å². The zero-order valence-corrected chi connectivity index (χ0v) is 9.19. The number of ether oxygens (including phenoxy) is 1. The van der Waals surface area contributed by atoms with E-state index in [2.05, 4.69) is 6.92 Å². The molecule has 0 aromatic rings. The van der Waals surface area contributed by atoms with Crippen molar-refractivity contribution < 1.29 is 9.53 Å². The second kappa shape index (κ2) is 4.75. The van der Waals surface area contributed by atoms with Crippen LogP contribution >= 0.6 is 0 Å². The number of nitrogens with two attached hydrogens (primary N) is 1. The molecule has 0 radical (unpaired) electrons. The highest BCUT2D eigenvalue weighted by Crippen LogP contribution is 2.23. The Hall–Kier alpha value is -0.610. The van der Waals surface area contributed by atoms with Gasteiger partial charge in [-0.15, -0.1) is 0 Å². The van der Waals surface area contributed by atoms with Crippen molar-refractivity contribution in [3.8, 4) is 0 Å². The molecule has 2 N–H and O–H groups in total. The van der Waals surface area contributed by atoms with E-state index in [0.29, 0.717) is 11.8 Å². The summed E-state index contributed by atoms with van der Waals surface area (Å²) in [5.74, 6) is 1.02. The molecule has 0 aliphatic carbocycles. The van der Waals surface area contributed by atoms with E-state index in [0.717, 1.165) is 19.7 Å². The molecule has 0 saturated carbocycles. The summed E-state index contributed by atoms with van der Waals surface area (Å²) in [6, 6.07) is -0.386. The molecule has 0 spiro atoms. The fraction of sp³-hybridized carbons (Fsp3) is 0.900. The van der Waals surface area contributed by atoms with Crippen molar-refractivity contribution in [2.45, 2.75) is 19.9 Å². The van der Waals surface area contributed by atoms with Gasteiger partial charge in [0.15, 0.2) is 0 Å². The Labute approximate surface area is 85.4 Å². The van der Waals surface area contributed by atoms with Crippen LogP contribution in [0.3, 0.4) is 0 Å². The topological polar surface area (TPSA) is 55.6 Å². The van der Waals surface area contributed by atoms with Crippen molar-refractivity contribution in [1.29, 1.82) is 0 Å². The first kappa shape index (κ1) is 11.5. The first-order valence-electron chi connectivity index (χ1n) is 5.09. The fourth-order valence-corrected chi connectivity index (χ4v) is 1.93. The van der Waals surface area contributed by atoms with Crippen molar-refractivity contribution in [2.24, 2.45) is 17.6 Å². The van der Waals surface area contributed by atoms with Gasteiger partial charge in [-0.3, -0.25) is 4.79 Å². The fourth-order valence-electron chi connectivity index (χ4n) is 1.93. The number of hydrogen-bond acceptors (Lipinski definition) is 3. The minimum atomic E-state index is -0.386. The molecule has 1 heterocycles. The van der Waals surface area contributed by atoms with Gasteiger partial charge in [0.1, 0.15) is 0 Å². The first-order valence-corrected chi connectivity index (χ1v) is 5.09. The highest BCUT2D eigenvalue weighted by Gasteiger charge is 2.32. The summed E-state index contributed by atoms with van der Waals surface area (Å²) in [5, 5.41) is 0. The van der Waals surface area contributed by atoms with E-state index in [1.807, 2.05) is 4.90 Å². The van der Waals surface area contributed by atoms with Gasteiger partial charge in [0, 0.05) is 26.1 Å². The molecule has 4 heteroatoms. The van der Waals surface area contributed by atoms with Crippen LogP contribution in [0.15, 0.2) is 0 Å². The van der Waals surface area contributed by atoms with Crippen LogP contribution in [0.2, 0.25) is 0 Å². The molecular weight excluding hydrogens is 180 g/mol. The van der Waals surface area contributed by atoms with Crippen LogP contribution < -0.4 is 5.73 Å². The molecule has 0 unspecified atom stereocenters. The minimum Gasteiger partial charge on any atom is -0.384 e. The highest BCUT2D eigenvalue weighted by atomic mass is 16.5. The van der Waals surface area contributed by atoms with Crippen molar-refractivity contribution in [2.75, 3.05) is 26.8 Å². The van der Waals surface area contributed by atoms with E-state index in [4.69, 9.17) is 10.5 Å². The predicted molar refractivity (Wildman–Crippen MR) is 54.8 cm³/mol. The van der Waals surface area contributed by atoms with Gasteiger partial charge >= 0.3 is 0 Å². The van der Waals surface area contributed by atoms with Crippen LogP contribution in [-0.4, -0.2) is 43.7 Å². The second-order valence-electron chi connectivity index (χ2n) is 4.22. The summed E-state index contributed by atoms with van der Waals surface area (Å²) in [4.78, 5) is 13.4. The smallest absolute Gasteiger partial charge is 0.239 e. The Balaban J connectivity index is 2.49. The molecule has 1 amide bonds. The summed E-state index contributed by atoms with van der Waals surface area (Å²) < 4.78 is 5.12. The van der Waals surface area contributed by atoms with Crippen LogP contribution in [0, 0.1) is 11.8 Å². The summed E-state index contributed by atoms with van der Waals surface area (Å²) >= 11 is 0. The number of hydrogen-bond donors (Lipinski definition) is 1. The Morgan fingerprint density at radius 1 is 1.64 bits per heavy atom. The van der Waals surface area contributed by atoms with Crippen molar-refractivity contribution >= 4 is 5.91 Å². The maximum Gasteiger partial charge on any atom is 0.239 e. The molecule has 0 bridgehead atoms. The van der Waals surface area contributed by atoms with E-state index >= 15 is 0 Å². The molecular formula is C10H20N2O2. The van der Waals surface area contributed by atoms with Crippen molar-refractivity contribution in [3.05, 3.63) is 0 Å². The van der Waals surface area contributed by atoms with Crippen LogP contribution in [0.25, 0.3) is 0 Å². The Bertz CT molecular complexity index is 206. The number of likely N-dealkylation sites (tertiary alicyclic amines) is 1. The lowest BCUT2D eigenvalue weighted by Gasteiger charge is -2.18. The van der Waals surface area contributed by atoms with Crippen LogP contribution in [0.1, 0.15) is 13.8 Å². The molecule has 0 aromatic heterocycles. The lowest BCUT2D eigenvalue weighted by molar-refractivity contribution is -0.131. The summed E-state index contributed by atoms with van der Waals surface area (Å²) in [6.07, 6.45) is 0. The van der Waals surface area contributed by atoms with Gasteiger partial charge in [-0.05, 0) is 12.8 Å². The second-order valence-corrected chi connectivity index (χ2v) is 4.22. The van der Waals surface area contributed by atoms with Crippen LogP contribution in [-0.2, 0) is 9.53 Å². The predicted octanol–water partition coefficient (Wildman–Crippen LogP) is 0.0745. The van der Waals surface area contributed by atoms with E-state index < -0.39 is 0 Å². The SMILES string of the molecule is COC[C@@H]1CN(C(=O)[C@H](C)N)C[C@H]1C. The van der Waals surface area contributed by atoms with Gasteiger partial charge in [-0.2, -0.15) is 0 Å². The molecule has 1 aliphatic rings. The lowest BCUT2D eigenvalue weighted by atomic mass is 10.00. The molecule has 1 saturated heterocycles. The molecule has 82 valence electrons. The van der Waals surface area contributed by atoms with Gasteiger partial charge in [0.25, 0.3) is 0 Å². The normalized spacial score (nSPS) is 29.3. The molecule has 0 aromatic carbocycles. The molecule has 1 rings (SSSR count). The Morgan fingerprint density at radius 3 is 2.79 bits per heavy atom. The standard InChI is InChI=1S/C10H20N2O2/c1-7-4-12(10(13)8(2)11)5-9(7)6-14-3/h7-9H,4-6,11H2,1-3H3/t7-,8+,9+/m1/s1. The molecule has 1 fully saturated rings. The van der Waals surface area contributed by atoms with Gasteiger partial charge in [0.05, 0.1) is 12.6 Å². The summed E-state index contributed by atoms with van der Waals surface area (Å²) in [7, 11) is 1.70. The number of carbonyl (C=O) groups is 1. The molecule has 4 nitrogen and oxygen atoms in total. The summed E-state index contributed by atoms with van der Waals surface area (Å²) in [6.45, 7) is 6.21. The number of methoxy groups -OCH3 is 1. The van der Waals surface area contributed by atoms with Crippen LogP contribution in [0.4, 0.5) is 0 Å². The Morgan fingerprint density at radius 2 is 2.29 bits per heavy atom. The molecule has 3 atom stereocenters. The first-order chi connectivity index (χ1) is 6.56. The van der Waals surface area contributed by atoms with Gasteiger partial charge in [-0.25, -0.2) is 0 Å². The van der Waals surface area contributed by atoms with Crippen molar-refractivity contribution in [1.82, 2.24) is 4.90 Å². The lowest BCUT2D eigenvalue weighted by Crippen LogP contribution is -2.41. The van der Waals surface area contributed by atoms with Crippen LogP contribution in [0.5, 0.6) is 0 Å². The number of amides is 1. The van der Waals surface area contributed by atoms with E-state index in [1.54, 1.807) is 14.0 Å². The van der Waals surface area contributed by atoms with E-state index in [-0.39, 0.29) is 11.9 Å². The monoisotopic (exact) mass is 200 g/mol. The molecule has 14 heavy (non-hydrogen) atoms. The number of rotatable bonds is 3. The van der Waals surface area contributed by atoms with Crippen molar-refractivity contribution in [3.63, 3.8) is 0 Å². The quantitative estimate of drug-likeness (QED) is 0.701. The Kier molecular flexibility index (Phi) is 3.89. The largest absolute Gasteiger partial charge is 0.384 e. The number of carbonyl (C=O) groups excluding carboxylic acids is 1. The average Bonchev–Trinajstić information content (AvgIpc) is 2.47. The zero-order valence-electron chi connectivity index (χ0n) is 9.19. The third kappa shape index (κ3) is 2.45.